The van der Waals surface area contributed by atoms with Crippen LogP contribution in [-0.2, 0) is 6.18 Å². The largest absolute Gasteiger partial charge is 0.486 e. The normalized spacial score (nSPS) is 20.2. The van der Waals surface area contributed by atoms with Crippen molar-refractivity contribution in [3.63, 3.8) is 0 Å². The van der Waals surface area contributed by atoms with Crippen LogP contribution in [0.2, 0.25) is 0 Å². The number of alkyl halides is 3. The average Bonchev–Trinajstić information content (AvgIpc) is 3.22. The third-order valence-corrected chi connectivity index (χ3v) is 6.03. The molecule has 5 rings (SSSR count). The molecule has 0 radical (unpaired) electrons. The molecule has 3 aromatic rings. The van der Waals surface area contributed by atoms with E-state index in [1.54, 1.807) is 18.2 Å². The van der Waals surface area contributed by atoms with Crippen LogP contribution in [0.1, 0.15) is 53.3 Å². The molecule has 1 aliphatic carbocycles. The summed E-state index contributed by atoms with van der Waals surface area (Å²) in [7, 11) is 0. The highest BCUT2D eigenvalue weighted by Crippen LogP contribution is 2.35. The van der Waals surface area contributed by atoms with Gasteiger partial charge in [0.25, 0.3) is 5.91 Å². The van der Waals surface area contributed by atoms with Crippen LogP contribution in [0.5, 0.6) is 11.5 Å². The van der Waals surface area contributed by atoms with Crippen LogP contribution in [0.15, 0.2) is 36.4 Å². The molecule has 33 heavy (non-hydrogen) atoms. The Labute approximate surface area is 194 Å². The smallest absolute Gasteiger partial charge is 0.416 e. The Morgan fingerprint density at radius 1 is 1.06 bits per heavy atom. The highest BCUT2D eigenvalue weighted by Gasteiger charge is 2.31. The van der Waals surface area contributed by atoms with Gasteiger partial charge in [-0.1, -0.05) is 6.42 Å². The highest BCUT2D eigenvalue weighted by atomic mass is 35.5. The van der Waals surface area contributed by atoms with Gasteiger partial charge in [0.2, 0.25) is 0 Å². The fourth-order valence-electron chi connectivity index (χ4n) is 4.42. The van der Waals surface area contributed by atoms with Crippen molar-refractivity contribution in [2.75, 3.05) is 13.2 Å². The van der Waals surface area contributed by atoms with Gasteiger partial charge in [-0.15, -0.1) is 12.4 Å². The van der Waals surface area contributed by atoms with Crippen LogP contribution in [0, 0.1) is 0 Å². The molecule has 2 unspecified atom stereocenters. The first kappa shape index (κ1) is 23.2. The van der Waals surface area contributed by atoms with E-state index in [0.717, 1.165) is 31.4 Å². The molecule has 2 N–H and O–H groups in total. The number of hydrogen-bond acceptors (Lipinski definition) is 4. The quantitative estimate of drug-likeness (QED) is 0.537. The van der Waals surface area contributed by atoms with Gasteiger partial charge in [-0.2, -0.15) is 13.2 Å². The van der Waals surface area contributed by atoms with Crippen LogP contribution in [-0.4, -0.2) is 35.1 Å². The van der Waals surface area contributed by atoms with E-state index in [1.807, 2.05) is 0 Å². The second-order valence-electron chi connectivity index (χ2n) is 8.24. The molecule has 1 saturated carbocycles. The number of aromatic nitrogens is 2. The molecule has 0 bridgehead atoms. The second kappa shape index (κ2) is 9.13. The lowest BCUT2D eigenvalue weighted by molar-refractivity contribution is -0.137. The number of imidazole rings is 1. The summed E-state index contributed by atoms with van der Waals surface area (Å²) in [6.45, 7) is 0.936. The summed E-state index contributed by atoms with van der Waals surface area (Å²) in [5, 5.41) is 3.08. The van der Waals surface area contributed by atoms with E-state index < -0.39 is 11.7 Å². The number of carbonyl (C=O) groups is 1. The minimum absolute atomic E-state index is 0. The molecule has 0 saturated heterocycles. The number of amides is 1. The van der Waals surface area contributed by atoms with Crippen molar-refractivity contribution < 1.29 is 27.4 Å². The molecular formula is C23H23ClF3N3O3. The van der Waals surface area contributed by atoms with E-state index in [0.29, 0.717) is 53.6 Å². The van der Waals surface area contributed by atoms with Gasteiger partial charge >= 0.3 is 6.18 Å². The number of fused-ring (bicyclic) bond motifs is 2. The monoisotopic (exact) mass is 481 g/mol. The fraction of sp³-hybridized carbons (Fsp3) is 0.391. The first-order chi connectivity index (χ1) is 15.4. The SMILES string of the molecule is Cl.O=C(NC1CCCC(c2nc3ccc(C(F)(F)F)cc3[nH]2)C1)c1ccc2c(c1)OCCO2. The van der Waals surface area contributed by atoms with Crippen LogP contribution in [0.3, 0.4) is 0 Å². The number of benzene rings is 2. The van der Waals surface area contributed by atoms with E-state index in [9.17, 15) is 18.0 Å². The first-order valence-corrected chi connectivity index (χ1v) is 10.6. The Morgan fingerprint density at radius 3 is 2.64 bits per heavy atom. The summed E-state index contributed by atoms with van der Waals surface area (Å²) in [4.78, 5) is 20.4. The van der Waals surface area contributed by atoms with E-state index in [-0.39, 0.29) is 30.3 Å². The van der Waals surface area contributed by atoms with Gasteiger partial charge in [-0.25, -0.2) is 4.98 Å². The minimum Gasteiger partial charge on any atom is -0.486 e. The van der Waals surface area contributed by atoms with E-state index in [2.05, 4.69) is 15.3 Å². The Kier molecular flexibility index (Phi) is 6.43. The van der Waals surface area contributed by atoms with Crippen molar-refractivity contribution in [3.05, 3.63) is 53.3 Å². The number of rotatable bonds is 3. The van der Waals surface area contributed by atoms with Crippen molar-refractivity contribution >= 4 is 29.3 Å². The van der Waals surface area contributed by atoms with Crippen LogP contribution < -0.4 is 14.8 Å². The summed E-state index contributed by atoms with van der Waals surface area (Å²) in [5.74, 6) is 1.70. The van der Waals surface area contributed by atoms with Crippen molar-refractivity contribution in [2.45, 2.75) is 43.8 Å². The zero-order valence-corrected chi connectivity index (χ0v) is 18.4. The number of nitrogens with zero attached hydrogens (tertiary/aromatic N) is 1. The van der Waals surface area contributed by atoms with Crippen LogP contribution in [0.4, 0.5) is 13.2 Å². The summed E-state index contributed by atoms with van der Waals surface area (Å²) >= 11 is 0. The van der Waals surface area contributed by atoms with Crippen molar-refractivity contribution in [1.82, 2.24) is 15.3 Å². The molecule has 2 aliphatic rings. The molecule has 1 fully saturated rings. The Bertz CT molecular complexity index is 1160. The Hall–Kier alpha value is -2.94. The predicted octanol–water partition coefficient (Wildman–Crippen LogP) is 5.23. The number of aromatic amines is 1. The first-order valence-electron chi connectivity index (χ1n) is 10.6. The number of hydrogen-bond donors (Lipinski definition) is 2. The molecule has 1 aromatic heterocycles. The molecule has 2 heterocycles. The van der Waals surface area contributed by atoms with Gasteiger partial charge in [-0.05, 0) is 55.7 Å². The van der Waals surface area contributed by atoms with E-state index in [1.165, 1.54) is 6.07 Å². The zero-order valence-electron chi connectivity index (χ0n) is 17.6. The zero-order chi connectivity index (χ0) is 22.3. The number of ether oxygens (including phenoxy) is 2. The maximum atomic E-state index is 13.0. The lowest BCUT2D eigenvalue weighted by atomic mass is 9.85. The topological polar surface area (TPSA) is 76.2 Å². The molecule has 6 nitrogen and oxygen atoms in total. The molecule has 1 aliphatic heterocycles. The third-order valence-electron chi connectivity index (χ3n) is 6.03. The Morgan fingerprint density at radius 2 is 1.85 bits per heavy atom. The molecule has 10 heteroatoms. The number of carbonyl (C=O) groups excluding carboxylic acids is 1. The van der Waals surface area contributed by atoms with Gasteiger partial charge in [0, 0.05) is 17.5 Å². The lowest BCUT2D eigenvalue weighted by Crippen LogP contribution is -2.38. The van der Waals surface area contributed by atoms with Crippen LogP contribution >= 0.6 is 12.4 Å². The average molecular weight is 482 g/mol. The number of H-pyrrole nitrogens is 1. The third kappa shape index (κ3) is 4.88. The standard InChI is InChI=1S/C23H22F3N3O3.ClH/c24-23(25,26)15-5-6-17-18(12-15)29-21(28-17)13-2-1-3-16(10-13)27-22(30)14-4-7-19-20(11-14)32-9-8-31-19;/h4-7,11-13,16H,1-3,8-10H2,(H,27,30)(H,28,29);1H. The molecular weight excluding hydrogens is 459 g/mol. The summed E-state index contributed by atoms with van der Waals surface area (Å²) in [6, 6.07) is 8.61. The fourth-order valence-corrected chi connectivity index (χ4v) is 4.42. The molecule has 176 valence electrons. The van der Waals surface area contributed by atoms with Crippen molar-refractivity contribution in [3.8, 4) is 11.5 Å². The summed E-state index contributed by atoms with van der Waals surface area (Å²) in [5.41, 5.74) is 0.681. The van der Waals surface area contributed by atoms with Gasteiger partial charge in [0.1, 0.15) is 19.0 Å². The van der Waals surface area contributed by atoms with E-state index >= 15 is 0 Å². The summed E-state index contributed by atoms with van der Waals surface area (Å²) < 4.78 is 50.0. The van der Waals surface area contributed by atoms with Gasteiger partial charge in [0.05, 0.1) is 16.6 Å². The second-order valence-corrected chi connectivity index (χ2v) is 8.24. The number of nitrogens with one attached hydrogen (secondary N) is 2. The highest BCUT2D eigenvalue weighted by molar-refractivity contribution is 5.95. The maximum absolute atomic E-state index is 13.0. The number of halogens is 4. The summed E-state index contributed by atoms with van der Waals surface area (Å²) in [6.07, 6.45) is -1.13. The molecule has 1 amide bonds. The van der Waals surface area contributed by atoms with Crippen molar-refractivity contribution in [1.29, 1.82) is 0 Å². The molecule has 0 spiro atoms. The van der Waals surface area contributed by atoms with E-state index in [4.69, 9.17) is 9.47 Å². The van der Waals surface area contributed by atoms with Gasteiger partial charge in [0.15, 0.2) is 11.5 Å². The van der Waals surface area contributed by atoms with Gasteiger partial charge in [-0.3, -0.25) is 4.79 Å². The van der Waals surface area contributed by atoms with Crippen molar-refractivity contribution in [2.24, 2.45) is 0 Å². The maximum Gasteiger partial charge on any atom is 0.416 e. The molecule has 2 atom stereocenters. The minimum atomic E-state index is -4.40. The Balaban J connectivity index is 0.00000259. The lowest BCUT2D eigenvalue weighted by Gasteiger charge is -2.29. The predicted molar refractivity (Wildman–Crippen MR) is 118 cm³/mol. The molecule has 2 aromatic carbocycles. The van der Waals surface area contributed by atoms with Crippen LogP contribution in [0.25, 0.3) is 11.0 Å². The van der Waals surface area contributed by atoms with Gasteiger partial charge < -0.3 is 19.8 Å².